The van der Waals surface area contributed by atoms with Gasteiger partial charge in [-0.3, -0.25) is 4.98 Å². The number of phenols is 1. The monoisotopic (exact) mass is 287 g/mol. The second-order valence-electron chi connectivity index (χ2n) is 4.22. The van der Waals surface area contributed by atoms with Crippen molar-refractivity contribution in [3.05, 3.63) is 59.1 Å². The standard InChI is InChI=1S/C14H10ClN3O2/c15-10-3-4-11(12(19)7-10)14-17-13(18-20-14)6-9-2-1-5-16-8-9/h1-5,7-8,19H,6H2. The Hall–Kier alpha value is -2.40. The van der Waals surface area contributed by atoms with Gasteiger partial charge in [-0.25, -0.2) is 0 Å². The van der Waals surface area contributed by atoms with Crippen LogP contribution in [0.4, 0.5) is 0 Å². The predicted octanol–water partition coefficient (Wildman–Crippen LogP) is 3.08. The first-order valence-electron chi connectivity index (χ1n) is 5.93. The summed E-state index contributed by atoms with van der Waals surface area (Å²) in [4.78, 5) is 8.29. The van der Waals surface area contributed by atoms with Gasteiger partial charge in [-0.05, 0) is 29.8 Å². The number of pyridine rings is 1. The molecule has 0 aliphatic heterocycles. The Morgan fingerprint density at radius 3 is 2.90 bits per heavy atom. The Balaban J connectivity index is 1.87. The summed E-state index contributed by atoms with van der Waals surface area (Å²) in [6.45, 7) is 0. The van der Waals surface area contributed by atoms with Gasteiger partial charge in [0.15, 0.2) is 5.82 Å². The SMILES string of the molecule is Oc1cc(Cl)ccc1-c1nc(Cc2cccnc2)no1. The number of hydrogen-bond donors (Lipinski definition) is 1. The number of benzene rings is 1. The van der Waals surface area contributed by atoms with E-state index in [1.165, 1.54) is 6.07 Å². The van der Waals surface area contributed by atoms with E-state index in [2.05, 4.69) is 15.1 Å². The average Bonchev–Trinajstić information content (AvgIpc) is 2.88. The third-order valence-corrected chi connectivity index (χ3v) is 2.98. The fourth-order valence-corrected chi connectivity index (χ4v) is 1.97. The molecular formula is C14H10ClN3O2. The Labute approximate surface area is 119 Å². The Kier molecular flexibility index (Phi) is 3.35. The van der Waals surface area contributed by atoms with Crippen LogP contribution in [0.1, 0.15) is 11.4 Å². The second kappa shape index (κ2) is 5.30. The van der Waals surface area contributed by atoms with E-state index in [0.717, 1.165) is 5.56 Å². The van der Waals surface area contributed by atoms with Gasteiger partial charge in [0.05, 0.1) is 5.56 Å². The quantitative estimate of drug-likeness (QED) is 0.801. The molecule has 0 atom stereocenters. The fraction of sp³-hybridized carbons (Fsp3) is 0.0714. The van der Waals surface area contributed by atoms with E-state index >= 15 is 0 Å². The molecule has 0 unspecified atom stereocenters. The van der Waals surface area contributed by atoms with Crippen LogP contribution < -0.4 is 0 Å². The number of hydrogen-bond acceptors (Lipinski definition) is 5. The summed E-state index contributed by atoms with van der Waals surface area (Å²) in [6.07, 6.45) is 3.97. The highest BCUT2D eigenvalue weighted by atomic mass is 35.5. The Bertz CT molecular complexity index is 728. The lowest BCUT2D eigenvalue weighted by Crippen LogP contribution is -1.91. The molecule has 0 bridgehead atoms. The van der Waals surface area contributed by atoms with Gasteiger partial charge in [-0.1, -0.05) is 22.8 Å². The van der Waals surface area contributed by atoms with Crippen molar-refractivity contribution in [2.75, 3.05) is 0 Å². The van der Waals surface area contributed by atoms with Gasteiger partial charge in [-0.15, -0.1) is 0 Å². The zero-order valence-electron chi connectivity index (χ0n) is 10.3. The second-order valence-corrected chi connectivity index (χ2v) is 4.65. The third-order valence-electron chi connectivity index (χ3n) is 2.74. The van der Waals surface area contributed by atoms with E-state index < -0.39 is 0 Å². The van der Waals surface area contributed by atoms with Gasteiger partial charge >= 0.3 is 0 Å². The van der Waals surface area contributed by atoms with E-state index in [1.54, 1.807) is 24.5 Å². The number of rotatable bonds is 3. The Morgan fingerprint density at radius 2 is 2.15 bits per heavy atom. The molecule has 3 rings (SSSR count). The topological polar surface area (TPSA) is 72.0 Å². The summed E-state index contributed by atoms with van der Waals surface area (Å²) < 4.78 is 5.16. The van der Waals surface area contributed by atoms with Crippen molar-refractivity contribution < 1.29 is 9.63 Å². The van der Waals surface area contributed by atoms with Crippen LogP contribution in [-0.4, -0.2) is 20.2 Å². The first kappa shape index (κ1) is 12.6. The zero-order chi connectivity index (χ0) is 13.9. The lowest BCUT2D eigenvalue weighted by molar-refractivity contribution is 0.418. The Morgan fingerprint density at radius 1 is 1.25 bits per heavy atom. The number of aromatic nitrogens is 3. The molecule has 100 valence electrons. The minimum absolute atomic E-state index is 0.00841. The third kappa shape index (κ3) is 2.62. The highest BCUT2D eigenvalue weighted by Gasteiger charge is 2.13. The zero-order valence-corrected chi connectivity index (χ0v) is 11.1. The molecule has 20 heavy (non-hydrogen) atoms. The molecule has 5 nitrogen and oxygen atoms in total. The summed E-state index contributed by atoms with van der Waals surface area (Å²) in [5.74, 6) is 0.800. The van der Waals surface area contributed by atoms with Gasteiger partial charge in [0.25, 0.3) is 5.89 Å². The molecule has 1 aromatic carbocycles. The molecule has 0 spiro atoms. The van der Waals surface area contributed by atoms with Crippen LogP contribution in [0, 0.1) is 0 Å². The van der Waals surface area contributed by atoms with Crippen LogP contribution in [-0.2, 0) is 6.42 Å². The molecule has 2 heterocycles. The van der Waals surface area contributed by atoms with Crippen molar-refractivity contribution >= 4 is 11.6 Å². The van der Waals surface area contributed by atoms with Crippen molar-refractivity contribution in [1.29, 1.82) is 0 Å². The van der Waals surface area contributed by atoms with Gasteiger partial charge in [0.1, 0.15) is 5.75 Å². The molecule has 6 heteroatoms. The largest absolute Gasteiger partial charge is 0.507 e. The summed E-state index contributed by atoms with van der Waals surface area (Å²) in [6, 6.07) is 8.51. The van der Waals surface area contributed by atoms with Gasteiger partial charge in [0, 0.05) is 23.8 Å². The number of halogens is 1. The van der Waals surface area contributed by atoms with Gasteiger partial charge in [0.2, 0.25) is 0 Å². The van der Waals surface area contributed by atoms with Gasteiger partial charge in [-0.2, -0.15) is 4.98 Å². The maximum Gasteiger partial charge on any atom is 0.261 e. The van der Waals surface area contributed by atoms with Crippen molar-refractivity contribution in [3.8, 4) is 17.2 Å². The lowest BCUT2D eigenvalue weighted by Gasteiger charge is -1.98. The van der Waals surface area contributed by atoms with Crippen LogP contribution >= 0.6 is 11.6 Å². The van der Waals surface area contributed by atoms with Crippen molar-refractivity contribution in [2.45, 2.75) is 6.42 Å². The van der Waals surface area contributed by atoms with E-state index in [9.17, 15) is 5.11 Å². The predicted molar refractivity (Wildman–Crippen MR) is 73.5 cm³/mol. The smallest absolute Gasteiger partial charge is 0.261 e. The number of nitrogens with zero attached hydrogens (tertiary/aromatic N) is 3. The summed E-state index contributed by atoms with van der Waals surface area (Å²) >= 11 is 5.78. The molecule has 2 aromatic heterocycles. The molecule has 0 amide bonds. The van der Waals surface area contributed by atoms with Crippen LogP contribution in [0.5, 0.6) is 5.75 Å². The van der Waals surface area contributed by atoms with Crippen LogP contribution in [0.25, 0.3) is 11.5 Å². The van der Waals surface area contributed by atoms with Crippen LogP contribution in [0.3, 0.4) is 0 Å². The minimum Gasteiger partial charge on any atom is -0.507 e. The maximum atomic E-state index is 9.82. The molecule has 1 N–H and O–H groups in total. The lowest BCUT2D eigenvalue weighted by atomic mass is 10.2. The van der Waals surface area contributed by atoms with E-state index in [1.807, 2.05) is 12.1 Å². The molecule has 0 saturated heterocycles. The van der Waals surface area contributed by atoms with E-state index in [4.69, 9.17) is 16.1 Å². The van der Waals surface area contributed by atoms with Crippen LogP contribution in [0.2, 0.25) is 5.02 Å². The number of aromatic hydroxyl groups is 1. The molecule has 0 aliphatic carbocycles. The highest BCUT2D eigenvalue weighted by molar-refractivity contribution is 6.30. The van der Waals surface area contributed by atoms with Crippen LogP contribution in [0.15, 0.2) is 47.2 Å². The molecule has 3 aromatic rings. The first-order chi connectivity index (χ1) is 9.72. The summed E-state index contributed by atoms with van der Waals surface area (Å²) in [5.41, 5.74) is 1.44. The average molecular weight is 288 g/mol. The fourth-order valence-electron chi connectivity index (χ4n) is 1.81. The summed E-state index contributed by atoms with van der Waals surface area (Å²) in [5, 5.41) is 14.2. The van der Waals surface area contributed by atoms with Gasteiger partial charge < -0.3 is 9.63 Å². The normalized spacial score (nSPS) is 10.7. The van der Waals surface area contributed by atoms with Crippen molar-refractivity contribution in [2.24, 2.45) is 0 Å². The van der Waals surface area contributed by atoms with E-state index in [-0.39, 0.29) is 11.6 Å². The maximum absolute atomic E-state index is 9.82. The van der Waals surface area contributed by atoms with E-state index in [0.29, 0.717) is 22.8 Å². The van der Waals surface area contributed by atoms with Crippen molar-refractivity contribution in [1.82, 2.24) is 15.1 Å². The molecule has 0 saturated carbocycles. The molecule has 0 radical (unpaired) electrons. The molecule has 0 fully saturated rings. The highest BCUT2D eigenvalue weighted by Crippen LogP contribution is 2.30. The summed E-state index contributed by atoms with van der Waals surface area (Å²) in [7, 11) is 0. The molecule has 0 aliphatic rings. The minimum atomic E-state index is 0.00841. The van der Waals surface area contributed by atoms with Crippen molar-refractivity contribution in [3.63, 3.8) is 0 Å². The number of phenolic OH excluding ortho intramolecular Hbond substituents is 1. The first-order valence-corrected chi connectivity index (χ1v) is 6.30. The molecular weight excluding hydrogens is 278 g/mol.